The highest BCUT2D eigenvalue weighted by Gasteiger charge is 2.09. The largest absolute Gasteiger partial charge is 0.341 e. The zero-order valence-electron chi connectivity index (χ0n) is 11.3. The number of nitrogens with zero attached hydrogens (tertiary/aromatic N) is 1. The van der Waals surface area contributed by atoms with Gasteiger partial charge in [0.15, 0.2) is 0 Å². The molecule has 0 radical (unpaired) electrons. The van der Waals surface area contributed by atoms with Crippen LogP contribution in [0.5, 0.6) is 0 Å². The summed E-state index contributed by atoms with van der Waals surface area (Å²) in [6.45, 7) is 4.30. The molecule has 0 heterocycles. The highest BCUT2D eigenvalue weighted by molar-refractivity contribution is 5.86. The van der Waals surface area contributed by atoms with Crippen molar-refractivity contribution in [3.63, 3.8) is 0 Å². The van der Waals surface area contributed by atoms with Gasteiger partial charge in [-0.25, -0.2) is 0 Å². The Kier molecular flexibility index (Phi) is 4.35. The summed E-state index contributed by atoms with van der Waals surface area (Å²) in [7, 11) is 1.85. The molecule has 2 aromatic rings. The van der Waals surface area contributed by atoms with Gasteiger partial charge >= 0.3 is 0 Å². The van der Waals surface area contributed by atoms with Gasteiger partial charge in [0, 0.05) is 20.0 Å². The van der Waals surface area contributed by atoms with Crippen molar-refractivity contribution in [2.75, 3.05) is 7.05 Å². The molecule has 2 aromatic carbocycles. The first-order valence-electron chi connectivity index (χ1n) is 6.54. The monoisotopic (exact) mass is 253 g/mol. The maximum atomic E-state index is 11.9. The second kappa shape index (κ2) is 6.19. The second-order valence-electron chi connectivity index (χ2n) is 4.72. The first-order valence-corrected chi connectivity index (χ1v) is 6.54. The average molecular weight is 253 g/mol. The first-order chi connectivity index (χ1) is 9.22. The van der Waals surface area contributed by atoms with Crippen LogP contribution in [0, 0.1) is 0 Å². The van der Waals surface area contributed by atoms with E-state index in [9.17, 15) is 4.79 Å². The van der Waals surface area contributed by atoms with E-state index in [-0.39, 0.29) is 5.91 Å². The second-order valence-corrected chi connectivity index (χ2v) is 4.72. The Bertz CT molecular complexity index is 583. The highest BCUT2D eigenvalue weighted by atomic mass is 16.2. The van der Waals surface area contributed by atoms with Crippen molar-refractivity contribution < 1.29 is 4.79 Å². The van der Waals surface area contributed by atoms with Gasteiger partial charge in [-0.2, -0.15) is 0 Å². The van der Waals surface area contributed by atoms with Crippen molar-refractivity contribution in [3.05, 3.63) is 60.7 Å². The van der Waals surface area contributed by atoms with Crippen LogP contribution in [0.4, 0.5) is 0 Å². The maximum absolute atomic E-state index is 11.9. The molecule has 2 rings (SSSR count). The number of allylic oxidation sites excluding steroid dienone is 1. The van der Waals surface area contributed by atoms with E-state index in [2.05, 4.69) is 30.8 Å². The summed E-state index contributed by atoms with van der Waals surface area (Å²) in [4.78, 5) is 13.7. The lowest BCUT2D eigenvalue weighted by Crippen LogP contribution is -2.25. The van der Waals surface area contributed by atoms with Gasteiger partial charge in [-0.15, -0.1) is 6.58 Å². The molecule has 0 atom stereocenters. The predicted octanol–water partition coefficient (Wildman–Crippen LogP) is 3.76. The van der Waals surface area contributed by atoms with Crippen LogP contribution in [0.2, 0.25) is 0 Å². The molecule has 0 N–H and O–H groups in total. The van der Waals surface area contributed by atoms with E-state index in [1.807, 2.05) is 25.2 Å². The summed E-state index contributed by atoms with van der Waals surface area (Å²) >= 11 is 0. The average Bonchev–Trinajstić information content (AvgIpc) is 2.45. The van der Waals surface area contributed by atoms with E-state index in [4.69, 9.17) is 0 Å². The summed E-state index contributed by atoms with van der Waals surface area (Å²) in [5.74, 6) is 0.160. The molecule has 98 valence electrons. The van der Waals surface area contributed by atoms with E-state index < -0.39 is 0 Å². The van der Waals surface area contributed by atoms with Gasteiger partial charge in [0.05, 0.1) is 0 Å². The SMILES string of the molecule is C=CCCC(=O)N(C)Cc1cccc2ccccc12. The van der Waals surface area contributed by atoms with Crippen LogP contribution in [-0.2, 0) is 11.3 Å². The number of fused-ring (bicyclic) bond motifs is 1. The topological polar surface area (TPSA) is 20.3 Å². The van der Waals surface area contributed by atoms with Crippen LogP contribution < -0.4 is 0 Å². The van der Waals surface area contributed by atoms with E-state index in [1.54, 1.807) is 11.0 Å². The van der Waals surface area contributed by atoms with Crippen molar-refractivity contribution in [1.82, 2.24) is 4.90 Å². The van der Waals surface area contributed by atoms with Crippen LogP contribution in [-0.4, -0.2) is 17.9 Å². The normalized spacial score (nSPS) is 10.4. The maximum Gasteiger partial charge on any atom is 0.222 e. The molecule has 0 aliphatic rings. The highest BCUT2D eigenvalue weighted by Crippen LogP contribution is 2.19. The zero-order chi connectivity index (χ0) is 13.7. The summed E-state index contributed by atoms with van der Waals surface area (Å²) in [5.41, 5.74) is 1.19. The van der Waals surface area contributed by atoms with Gasteiger partial charge in [0.2, 0.25) is 5.91 Å². The molecular formula is C17H19NO. The minimum Gasteiger partial charge on any atom is -0.341 e. The lowest BCUT2D eigenvalue weighted by molar-refractivity contribution is -0.130. The molecule has 2 heteroatoms. The minimum atomic E-state index is 0.160. The molecule has 0 spiro atoms. The standard InChI is InChI=1S/C17H19NO/c1-3-4-12-17(19)18(2)13-15-10-7-9-14-8-5-6-11-16(14)15/h3,5-11H,1,4,12-13H2,2H3. The number of rotatable bonds is 5. The Hall–Kier alpha value is -2.09. The fourth-order valence-electron chi connectivity index (χ4n) is 2.19. The number of carbonyl (C=O) groups excluding carboxylic acids is 1. The number of hydrogen-bond acceptors (Lipinski definition) is 1. The van der Waals surface area contributed by atoms with Gasteiger partial charge in [0.25, 0.3) is 0 Å². The molecular weight excluding hydrogens is 234 g/mol. The molecule has 2 nitrogen and oxygen atoms in total. The van der Waals surface area contributed by atoms with E-state index in [0.29, 0.717) is 13.0 Å². The van der Waals surface area contributed by atoms with Gasteiger partial charge in [-0.05, 0) is 22.8 Å². The molecule has 0 saturated carbocycles. The van der Waals surface area contributed by atoms with Crippen LogP contribution in [0.25, 0.3) is 10.8 Å². The van der Waals surface area contributed by atoms with Crippen LogP contribution in [0.15, 0.2) is 55.1 Å². The van der Waals surface area contributed by atoms with E-state index >= 15 is 0 Å². The fraction of sp³-hybridized carbons (Fsp3) is 0.235. The molecule has 0 saturated heterocycles. The summed E-state index contributed by atoms with van der Waals surface area (Å²) in [5, 5.41) is 2.43. The summed E-state index contributed by atoms with van der Waals surface area (Å²) in [6.07, 6.45) is 3.05. The third-order valence-electron chi connectivity index (χ3n) is 3.28. The molecule has 0 aromatic heterocycles. The molecule has 0 fully saturated rings. The summed E-state index contributed by atoms with van der Waals surface area (Å²) in [6, 6.07) is 14.5. The summed E-state index contributed by atoms with van der Waals surface area (Å²) < 4.78 is 0. The van der Waals surface area contributed by atoms with Crippen LogP contribution in [0.3, 0.4) is 0 Å². The Morgan fingerprint density at radius 3 is 2.74 bits per heavy atom. The van der Waals surface area contributed by atoms with Crippen molar-refractivity contribution in [3.8, 4) is 0 Å². The number of benzene rings is 2. The van der Waals surface area contributed by atoms with E-state index in [0.717, 1.165) is 6.42 Å². The number of amides is 1. The molecule has 1 amide bonds. The third kappa shape index (κ3) is 3.22. The predicted molar refractivity (Wildman–Crippen MR) is 79.9 cm³/mol. The molecule has 0 aliphatic heterocycles. The Morgan fingerprint density at radius 2 is 1.95 bits per heavy atom. The van der Waals surface area contributed by atoms with Crippen molar-refractivity contribution >= 4 is 16.7 Å². The molecule has 19 heavy (non-hydrogen) atoms. The molecule has 0 bridgehead atoms. The Balaban J connectivity index is 2.17. The van der Waals surface area contributed by atoms with Crippen LogP contribution >= 0.6 is 0 Å². The van der Waals surface area contributed by atoms with Gasteiger partial charge < -0.3 is 4.90 Å². The first kappa shape index (κ1) is 13.3. The Morgan fingerprint density at radius 1 is 1.21 bits per heavy atom. The number of carbonyl (C=O) groups is 1. The van der Waals surface area contributed by atoms with Gasteiger partial charge in [-0.1, -0.05) is 48.5 Å². The quantitative estimate of drug-likeness (QED) is 0.743. The molecule has 0 unspecified atom stereocenters. The Labute approximate surface area is 114 Å². The van der Waals surface area contributed by atoms with Crippen molar-refractivity contribution in [1.29, 1.82) is 0 Å². The van der Waals surface area contributed by atoms with Gasteiger partial charge in [0.1, 0.15) is 0 Å². The zero-order valence-corrected chi connectivity index (χ0v) is 11.3. The lowest BCUT2D eigenvalue weighted by Gasteiger charge is -2.18. The lowest BCUT2D eigenvalue weighted by atomic mass is 10.0. The minimum absolute atomic E-state index is 0.160. The third-order valence-corrected chi connectivity index (χ3v) is 3.28. The smallest absolute Gasteiger partial charge is 0.222 e. The van der Waals surface area contributed by atoms with Crippen LogP contribution in [0.1, 0.15) is 18.4 Å². The van der Waals surface area contributed by atoms with Crippen molar-refractivity contribution in [2.24, 2.45) is 0 Å². The van der Waals surface area contributed by atoms with Crippen molar-refractivity contribution in [2.45, 2.75) is 19.4 Å². The number of hydrogen-bond donors (Lipinski definition) is 0. The van der Waals surface area contributed by atoms with Gasteiger partial charge in [-0.3, -0.25) is 4.79 Å². The fourth-order valence-corrected chi connectivity index (χ4v) is 2.19. The molecule has 0 aliphatic carbocycles. The van der Waals surface area contributed by atoms with E-state index in [1.165, 1.54) is 16.3 Å².